The van der Waals surface area contributed by atoms with E-state index in [2.05, 4.69) is 0 Å². The van der Waals surface area contributed by atoms with Gasteiger partial charge in [-0.2, -0.15) is 0 Å². The molecule has 0 amide bonds. The van der Waals surface area contributed by atoms with E-state index in [0.29, 0.717) is 0 Å². The zero-order chi connectivity index (χ0) is 5.28. The molecule has 7 heavy (non-hydrogen) atoms. The van der Waals surface area contributed by atoms with Crippen molar-refractivity contribution in [2.24, 2.45) is 5.73 Å². The Labute approximate surface area is 42.6 Å². The minimum atomic E-state index is -0.319. The molecule has 0 spiro atoms. The SMILES string of the molecule is NC1C=CCC1O. The van der Waals surface area contributed by atoms with Crippen LogP contribution in [0.15, 0.2) is 12.2 Å². The van der Waals surface area contributed by atoms with Crippen molar-refractivity contribution in [1.82, 2.24) is 0 Å². The number of hydrogen-bond acceptors (Lipinski definition) is 2. The van der Waals surface area contributed by atoms with Crippen LogP contribution in [-0.2, 0) is 0 Å². The molecule has 0 radical (unpaired) electrons. The molecule has 1 aliphatic rings. The molecule has 40 valence electrons. The van der Waals surface area contributed by atoms with Crippen molar-refractivity contribution in [3.05, 3.63) is 12.2 Å². The highest BCUT2D eigenvalue weighted by atomic mass is 16.3. The van der Waals surface area contributed by atoms with E-state index in [0.717, 1.165) is 6.42 Å². The highest BCUT2D eigenvalue weighted by Gasteiger charge is 2.13. The van der Waals surface area contributed by atoms with E-state index in [-0.39, 0.29) is 12.1 Å². The Balaban J connectivity index is 2.45. The summed E-state index contributed by atoms with van der Waals surface area (Å²) in [5.41, 5.74) is 5.34. The van der Waals surface area contributed by atoms with Crippen molar-refractivity contribution in [3.8, 4) is 0 Å². The normalized spacial score (nSPS) is 39.7. The molecule has 0 saturated carbocycles. The zero-order valence-electron chi connectivity index (χ0n) is 4.04. The van der Waals surface area contributed by atoms with Crippen molar-refractivity contribution in [1.29, 1.82) is 0 Å². The second kappa shape index (κ2) is 1.64. The third kappa shape index (κ3) is 0.813. The van der Waals surface area contributed by atoms with Crippen molar-refractivity contribution in [3.63, 3.8) is 0 Å². The van der Waals surface area contributed by atoms with Gasteiger partial charge in [0.2, 0.25) is 0 Å². The molecule has 0 aromatic rings. The lowest BCUT2D eigenvalue weighted by molar-refractivity contribution is 0.172. The molecule has 0 bridgehead atoms. The summed E-state index contributed by atoms with van der Waals surface area (Å²) in [6.45, 7) is 0. The van der Waals surface area contributed by atoms with Gasteiger partial charge < -0.3 is 10.8 Å². The van der Waals surface area contributed by atoms with Crippen LogP contribution in [0.1, 0.15) is 6.42 Å². The molecule has 0 heterocycles. The molecular weight excluding hydrogens is 90.1 g/mol. The molecule has 0 aromatic carbocycles. The highest BCUT2D eigenvalue weighted by Crippen LogP contribution is 2.06. The van der Waals surface area contributed by atoms with Crippen LogP contribution in [-0.4, -0.2) is 17.3 Å². The fraction of sp³-hybridized carbons (Fsp3) is 0.600. The van der Waals surface area contributed by atoms with Gasteiger partial charge in [-0.25, -0.2) is 0 Å². The lowest BCUT2D eigenvalue weighted by atomic mass is 10.2. The van der Waals surface area contributed by atoms with E-state index in [1.807, 2.05) is 12.2 Å². The summed E-state index contributed by atoms with van der Waals surface area (Å²) in [6.07, 6.45) is 4.13. The predicted octanol–water partition coefficient (Wildman–Crippen LogP) is -0.365. The maximum atomic E-state index is 8.81. The number of hydrogen-bond donors (Lipinski definition) is 2. The van der Waals surface area contributed by atoms with Crippen LogP contribution in [0.25, 0.3) is 0 Å². The Bertz CT molecular complexity index is 90.1. The zero-order valence-corrected chi connectivity index (χ0v) is 4.04. The number of aliphatic hydroxyl groups is 1. The molecule has 0 aromatic heterocycles. The van der Waals surface area contributed by atoms with E-state index >= 15 is 0 Å². The monoisotopic (exact) mass is 99.1 g/mol. The van der Waals surface area contributed by atoms with Gasteiger partial charge in [0.25, 0.3) is 0 Å². The van der Waals surface area contributed by atoms with Crippen LogP contribution >= 0.6 is 0 Å². The first-order valence-corrected chi connectivity index (χ1v) is 2.41. The van der Waals surface area contributed by atoms with Gasteiger partial charge in [-0.15, -0.1) is 0 Å². The summed E-state index contributed by atoms with van der Waals surface area (Å²) in [4.78, 5) is 0. The summed E-state index contributed by atoms with van der Waals surface area (Å²) in [6, 6.07) is -0.111. The Morgan fingerprint density at radius 3 is 2.57 bits per heavy atom. The maximum Gasteiger partial charge on any atom is 0.0761 e. The van der Waals surface area contributed by atoms with Crippen molar-refractivity contribution in [2.45, 2.75) is 18.6 Å². The van der Waals surface area contributed by atoms with Gasteiger partial charge in [-0.05, 0) is 6.42 Å². The summed E-state index contributed by atoms with van der Waals surface area (Å²) in [7, 11) is 0. The van der Waals surface area contributed by atoms with Gasteiger partial charge in [-0.1, -0.05) is 12.2 Å². The largest absolute Gasteiger partial charge is 0.391 e. The fourth-order valence-corrected chi connectivity index (χ4v) is 0.661. The summed E-state index contributed by atoms with van der Waals surface area (Å²) >= 11 is 0. The topological polar surface area (TPSA) is 46.2 Å². The van der Waals surface area contributed by atoms with Gasteiger partial charge in [0.15, 0.2) is 0 Å². The van der Waals surface area contributed by atoms with E-state index in [9.17, 15) is 0 Å². The maximum absolute atomic E-state index is 8.81. The van der Waals surface area contributed by atoms with Gasteiger partial charge in [0.05, 0.1) is 6.10 Å². The predicted molar refractivity (Wildman–Crippen MR) is 27.7 cm³/mol. The third-order valence-corrected chi connectivity index (χ3v) is 1.18. The van der Waals surface area contributed by atoms with Gasteiger partial charge in [-0.3, -0.25) is 0 Å². The molecule has 0 fully saturated rings. The van der Waals surface area contributed by atoms with Crippen LogP contribution in [0.2, 0.25) is 0 Å². The van der Waals surface area contributed by atoms with Gasteiger partial charge >= 0.3 is 0 Å². The van der Waals surface area contributed by atoms with Crippen LogP contribution in [0, 0.1) is 0 Å². The third-order valence-electron chi connectivity index (χ3n) is 1.18. The average Bonchev–Trinajstić information content (AvgIpc) is 1.91. The molecule has 2 heteroatoms. The molecule has 2 atom stereocenters. The fourth-order valence-electron chi connectivity index (χ4n) is 0.661. The molecular formula is C5H9NO. The van der Waals surface area contributed by atoms with Crippen LogP contribution in [0.3, 0.4) is 0 Å². The molecule has 2 unspecified atom stereocenters. The summed E-state index contributed by atoms with van der Waals surface area (Å²) in [5, 5.41) is 8.81. The Kier molecular flexibility index (Phi) is 1.13. The van der Waals surface area contributed by atoms with Crippen molar-refractivity contribution in [2.75, 3.05) is 0 Å². The molecule has 0 saturated heterocycles. The lowest BCUT2D eigenvalue weighted by Gasteiger charge is -2.04. The van der Waals surface area contributed by atoms with E-state index in [1.54, 1.807) is 0 Å². The van der Waals surface area contributed by atoms with Crippen LogP contribution in [0.4, 0.5) is 0 Å². The quantitative estimate of drug-likeness (QED) is 0.407. The van der Waals surface area contributed by atoms with Gasteiger partial charge in [0, 0.05) is 6.04 Å². The van der Waals surface area contributed by atoms with E-state index < -0.39 is 0 Å². The molecule has 3 N–H and O–H groups in total. The first-order chi connectivity index (χ1) is 3.30. The van der Waals surface area contributed by atoms with Crippen molar-refractivity contribution >= 4 is 0 Å². The molecule has 0 aliphatic heterocycles. The second-order valence-electron chi connectivity index (χ2n) is 1.81. The first kappa shape index (κ1) is 4.81. The Morgan fingerprint density at radius 2 is 2.43 bits per heavy atom. The smallest absolute Gasteiger partial charge is 0.0761 e. The molecule has 2 nitrogen and oxygen atoms in total. The Hall–Kier alpha value is -0.340. The average molecular weight is 99.1 g/mol. The molecule has 1 aliphatic carbocycles. The summed E-state index contributed by atoms with van der Waals surface area (Å²) in [5.74, 6) is 0. The highest BCUT2D eigenvalue weighted by molar-refractivity contribution is 5.04. The van der Waals surface area contributed by atoms with Crippen LogP contribution in [0.5, 0.6) is 0 Å². The first-order valence-electron chi connectivity index (χ1n) is 2.41. The lowest BCUT2D eigenvalue weighted by Crippen LogP contribution is -2.28. The number of aliphatic hydroxyl groups excluding tert-OH is 1. The minimum absolute atomic E-state index is 0.111. The Morgan fingerprint density at radius 1 is 1.71 bits per heavy atom. The number of nitrogens with two attached hydrogens (primary N) is 1. The minimum Gasteiger partial charge on any atom is -0.391 e. The van der Waals surface area contributed by atoms with Crippen LogP contribution < -0.4 is 5.73 Å². The van der Waals surface area contributed by atoms with Gasteiger partial charge in [0.1, 0.15) is 0 Å². The summed E-state index contributed by atoms with van der Waals surface area (Å²) < 4.78 is 0. The second-order valence-corrected chi connectivity index (χ2v) is 1.81. The standard InChI is InChI=1S/C5H9NO/c6-4-2-1-3-5(4)7/h1-2,4-5,7H,3,6H2. The van der Waals surface area contributed by atoms with Crippen molar-refractivity contribution < 1.29 is 5.11 Å². The van der Waals surface area contributed by atoms with E-state index in [1.165, 1.54) is 0 Å². The number of rotatable bonds is 0. The van der Waals surface area contributed by atoms with E-state index in [4.69, 9.17) is 10.8 Å². The molecule has 1 rings (SSSR count).